The summed E-state index contributed by atoms with van der Waals surface area (Å²) < 4.78 is 1.79. The number of nitrogens with one attached hydrogen (secondary N) is 1. The van der Waals surface area contributed by atoms with Gasteiger partial charge in [-0.15, -0.1) is 11.6 Å². The third kappa shape index (κ3) is 3.23. The molecular formula is C10H16ClN3O. The van der Waals surface area contributed by atoms with Crippen molar-refractivity contribution < 1.29 is 4.79 Å². The van der Waals surface area contributed by atoms with Crippen molar-refractivity contribution in [2.24, 2.45) is 5.92 Å². The Morgan fingerprint density at radius 3 is 2.73 bits per heavy atom. The van der Waals surface area contributed by atoms with E-state index in [-0.39, 0.29) is 11.8 Å². The first-order valence-electron chi connectivity index (χ1n) is 4.95. The number of carbonyl (C=O) groups is 1. The molecule has 15 heavy (non-hydrogen) atoms. The second kappa shape index (κ2) is 5.16. The van der Waals surface area contributed by atoms with Crippen molar-refractivity contribution in [3.05, 3.63) is 12.4 Å². The van der Waals surface area contributed by atoms with E-state index in [0.29, 0.717) is 17.6 Å². The quantitative estimate of drug-likeness (QED) is 0.806. The molecule has 1 N–H and O–H groups in total. The van der Waals surface area contributed by atoms with E-state index in [2.05, 4.69) is 10.4 Å². The minimum Gasteiger partial charge on any atom is -0.323 e. The van der Waals surface area contributed by atoms with Crippen LogP contribution in [0.3, 0.4) is 0 Å². The van der Waals surface area contributed by atoms with Gasteiger partial charge < -0.3 is 5.32 Å². The van der Waals surface area contributed by atoms with Crippen LogP contribution in [0.1, 0.15) is 26.8 Å². The second-order valence-corrected chi connectivity index (χ2v) is 4.16. The Bertz CT molecular complexity index is 335. The Labute approximate surface area is 94.6 Å². The first-order valence-corrected chi connectivity index (χ1v) is 5.49. The summed E-state index contributed by atoms with van der Waals surface area (Å²) in [6.07, 6.45) is 3.45. The Morgan fingerprint density at radius 1 is 1.60 bits per heavy atom. The summed E-state index contributed by atoms with van der Waals surface area (Å²) >= 11 is 5.59. The lowest BCUT2D eigenvalue weighted by Gasteiger charge is -2.07. The molecule has 0 aliphatic carbocycles. The lowest BCUT2D eigenvalue weighted by molar-refractivity contribution is -0.118. The van der Waals surface area contributed by atoms with E-state index in [9.17, 15) is 4.79 Å². The van der Waals surface area contributed by atoms with E-state index in [4.69, 9.17) is 11.6 Å². The van der Waals surface area contributed by atoms with Crippen molar-refractivity contribution in [2.45, 2.75) is 26.8 Å². The average Bonchev–Trinajstić information content (AvgIpc) is 2.65. The van der Waals surface area contributed by atoms with Gasteiger partial charge in [0.25, 0.3) is 0 Å². The fourth-order valence-electron chi connectivity index (χ4n) is 1.02. The standard InChI is InChI=1S/C10H16ClN3O/c1-7(2)14-6-9(5-12-14)13-10(15)8(3)4-11/h5-8H,4H2,1-3H3,(H,13,15). The van der Waals surface area contributed by atoms with Gasteiger partial charge in [-0.3, -0.25) is 9.48 Å². The number of carbonyl (C=O) groups excluding carboxylic acids is 1. The molecule has 0 saturated heterocycles. The molecule has 1 rings (SSSR count). The van der Waals surface area contributed by atoms with Gasteiger partial charge in [0.2, 0.25) is 5.91 Å². The Hall–Kier alpha value is -1.03. The van der Waals surface area contributed by atoms with E-state index in [1.54, 1.807) is 17.8 Å². The predicted octanol–water partition coefficient (Wildman–Crippen LogP) is 2.28. The van der Waals surface area contributed by atoms with Crippen molar-refractivity contribution in [2.75, 3.05) is 11.2 Å². The van der Waals surface area contributed by atoms with Crippen LogP contribution in [0, 0.1) is 5.92 Å². The van der Waals surface area contributed by atoms with Gasteiger partial charge >= 0.3 is 0 Å². The number of amides is 1. The molecule has 0 saturated carbocycles. The number of aromatic nitrogens is 2. The zero-order chi connectivity index (χ0) is 11.4. The zero-order valence-corrected chi connectivity index (χ0v) is 9.95. The molecule has 0 aliphatic heterocycles. The van der Waals surface area contributed by atoms with Gasteiger partial charge in [0.05, 0.1) is 11.9 Å². The van der Waals surface area contributed by atoms with Crippen LogP contribution < -0.4 is 5.32 Å². The van der Waals surface area contributed by atoms with Crippen LogP contribution in [0.15, 0.2) is 12.4 Å². The minimum absolute atomic E-state index is 0.0756. The first kappa shape index (κ1) is 12.0. The Kier molecular flexibility index (Phi) is 4.15. The Balaban J connectivity index is 2.61. The lowest BCUT2D eigenvalue weighted by atomic mass is 10.2. The van der Waals surface area contributed by atoms with Gasteiger partial charge in [-0.2, -0.15) is 5.10 Å². The minimum atomic E-state index is -0.186. The molecule has 1 aromatic heterocycles. The van der Waals surface area contributed by atoms with Crippen molar-refractivity contribution in [1.29, 1.82) is 0 Å². The van der Waals surface area contributed by atoms with Crippen LogP contribution in [0.2, 0.25) is 0 Å². The van der Waals surface area contributed by atoms with Crippen molar-refractivity contribution >= 4 is 23.2 Å². The lowest BCUT2D eigenvalue weighted by Crippen LogP contribution is -2.21. The molecule has 5 heteroatoms. The van der Waals surface area contributed by atoms with Crippen LogP contribution in [-0.4, -0.2) is 21.6 Å². The molecule has 0 radical (unpaired) electrons. The number of rotatable bonds is 4. The number of alkyl halides is 1. The first-order chi connectivity index (χ1) is 7.04. The van der Waals surface area contributed by atoms with Gasteiger partial charge in [0.1, 0.15) is 0 Å². The molecule has 0 fully saturated rings. The molecule has 1 atom stereocenters. The maximum absolute atomic E-state index is 11.5. The highest BCUT2D eigenvalue weighted by molar-refractivity contribution is 6.19. The molecular weight excluding hydrogens is 214 g/mol. The summed E-state index contributed by atoms with van der Waals surface area (Å²) in [5.41, 5.74) is 0.714. The van der Waals surface area contributed by atoms with Gasteiger partial charge in [0.15, 0.2) is 0 Å². The van der Waals surface area contributed by atoms with Crippen molar-refractivity contribution in [3.63, 3.8) is 0 Å². The fourth-order valence-corrected chi connectivity index (χ4v) is 1.16. The summed E-state index contributed by atoms with van der Waals surface area (Å²) in [6, 6.07) is 0.293. The molecule has 1 heterocycles. The monoisotopic (exact) mass is 229 g/mol. The molecule has 0 bridgehead atoms. The Morgan fingerprint density at radius 2 is 2.27 bits per heavy atom. The summed E-state index contributed by atoms with van der Waals surface area (Å²) in [4.78, 5) is 11.5. The number of anilines is 1. The van der Waals surface area contributed by atoms with E-state index in [0.717, 1.165) is 0 Å². The molecule has 84 valence electrons. The van der Waals surface area contributed by atoms with E-state index in [1.165, 1.54) is 0 Å². The summed E-state index contributed by atoms with van der Waals surface area (Å²) in [5.74, 6) is 0.0619. The number of hydrogen-bond donors (Lipinski definition) is 1. The predicted molar refractivity (Wildman–Crippen MR) is 61.1 cm³/mol. The van der Waals surface area contributed by atoms with Crippen LogP contribution in [0.25, 0.3) is 0 Å². The molecule has 0 spiro atoms. The highest BCUT2D eigenvalue weighted by Gasteiger charge is 2.12. The second-order valence-electron chi connectivity index (χ2n) is 3.85. The van der Waals surface area contributed by atoms with Crippen LogP contribution >= 0.6 is 11.6 Å². The third-order valence-electron chi connectivity index (χ3n) is 2.08. The van der Waals surface area contributed by atoms with Gasteiger partial charge in [0, 0.05) is 24.0 Å². The van der Waals surface area contributed by atoms with Crippen LogP contribution in [0.5, 0.6) is 0 Å². The average molecular weight is 230 g/mol. The smallest absolute Gasteiger partial charge is 0.228 e. The molecule has 0 aliphatic rings. The zero-order valence-electron chi connectivity index (χ0n) is 9.20. The molecule has 1 aromatic rings. The summed E-state index contributed by atoms with van der Waals surface area (Å²) in [7, 11) is 0. The fraction of sp³-hybridized carbons (Fsp3) is 0.600. The highest BCUT2D eigenvalue weighted by atomic mass is 35.5. The van der Waals surface area contributed by atoms with E-state index < -0.39 is 0 Å². The third-order valence-corrected chi connectivity index (χ3v) is 2.54. The SMILES string of the molecule is CC(CCl)C(=O)Nc1cnn(C(C)C)c1. The maximum atomic E-state index is 11.5. The van der Waals surface area contributed by atoms with Crippen molar-refractivity contribution in [1.82, 2.24) is 9.78 Å². The normalized spacial score (nSPS) is 12.9. The maximum Gasteiger partial charge on any atom is 0.228 e. The number of nitrogens with zero attached hydrogens (tertiary/aromatic N) is 2. The van der Waals surface area contributed by atoms with Crippen molar-refractivity contribution in [3.8, 4) is 0 Å². The highest BCUT2D eigenvalue weighted by Crippen LogP contribution is 2.11. The summed E-state index contributed by atoms with van der Waals surface area (Å²) in [5, 5.41) is 6.88. The molecule has 1 amide bonds. The topological polar surface area (TPSA) is 46.9 Å². The molecule has 4 nitrogen and oxygen atoms in total. The largest absolute Gasteiger partial charge is 0.323 e. The van der Waals surface area contributed by atoms with E-state index in [1.807, 2.05) is 20.0 Å². The van der Waals surface area contributed by atoms with Gasteiger partial charge in [-0.1, -0.05) is 6.92 Å². The number of hydrogen-bond acceptors (Lipinski definition) is 2. The molecule has 0 aromatic carbocycles. The molecule has 1 unspecified atom stereocenters. The van der Waals surface area contributed by atoms with Gasteiger partial charge in [-0.25, -0.2) is 0 Å². The number of halogens is 1. The summed E-state index contributed by atoms with van der Waals surface area (Å²) in [6.45, 7) is 5.84. The van der Waals surface area contributed by atoms with Gasteiger partial charge in [-0.05, 0) is 13.8 Å². The van der Waals surface area contributed by atoms with Crippen LogP contribution in [-0.2, 0) is 4.79 Å². The van der Waals surface area contributed by atoms with E-state index >= 15 is 0 Å². The van der Waals surface area contributed by atoms with Crippen LogP contribution in [0.4, 0.5) is 5.69 Å².